The number of nitrogens with one attached hydrogen (secondary N) is 1. The molecule has 1 amide bonds. The third-order valence-electron chi connectivity index (χ3n) is 5.81. The Morgan fingerprint density at radius 1 is 0.939 bits per heavy atom. The summed E-state index contributed by atoms with van der Waals surface area (Å²) < 4.78 is 5.64. The van der Waals surface area contributed by atoms with Crippen molar-refractivity contribution in [2.45, 2.75) is 89.7 Å². The minimum atomic E-state index is 0.134. The number of anilines is 1. The number of hydrogen-bond acceptors (Lipinski definition) is 5. The number of rotatable bonds is 13. The van der Waals surface area contributed by atoms with Crippen LogP contribution in [0.25, 0.3) is 11.2 Å². The lowest BCUT2D eigenvalue weighted by Gasteiger charge is -2.20. The van der Waals surface area contributed by atoms with Gasteiger partial charge < -0.3 is 9.73 Å². The number of pyridine rings is 1. The van der Waals surface area contributed by atoms with Crippen LogP contribution in [0.5, 0.6) is 0 Å². The van der Waals surface area contributed by atoms with Gasteiger partial charge in [0.2, 0.25) is 11.6 Å². The molecule has 6 heteroatoms. The maximum Gasteiger partial charge on any atom is 0.258 e. The van der Waals surface area contributed by atoms with E-state index >= 15 is 0 Å². The van der Waals surface area contributed by atoms with Crippen molar-refractivity contribution in [1.82, 2.24) is 9.97 Å². The van der Waals surface area contributed by atoms with Gasteiger partial charge in [-0.15, -0.1) is 0 Å². The molecule has 0 aliphatic rings. The van der Waals surface area contributed by atoms with Crippen LogP contribution in [0.3, 0.4) is 0 Å². The van der Waals surface area contributed by atoms with Gasteiger partial charge in [0.15, 0.2) is 0 Å². The van der Waals surface area contributed by atoms with E-state index in [-0.39, 0.29) is 5.91 Å². The van der Waals surface area contributed by atoms with Crippen LogP contribution in [0.15, 0.2) is 46.2 Å². The molecule has 3 aromatic rings. The molecular formula is C27H37N3O2S. The van der Waals surface area contributed by atoms with Crippen molar-refractivity contribution >= 4 is 34.6 Å². The second-order valence-electron chi connectivity index (χ2n) is 9.20. The summed E-state index contributed by atoms with van der Waals surface area (Å²) in [6.45, 7) is 8.71. The maximum absolute atomic E-state index is 12.6. The molecular weight excluding hydrogens is 430 g/mol. The summed E-state index contributed by atoms with van der Waals surface area (Å²) in [4.78, 5) is 21.2. The highest BCUT2D eigenvalue weighted by molar-refractivity contribution is 7.99. The maximum atomic E-state index is 12.6. The molecule has 0 fully saturated rings. The number of amides is 1. The predicted molar refractivity (Wildman–Crippen MR) is 138 cm³/mol. The highest BCUT2D eigenvalue weighted by Crippen LogP contribution is 2.32. The van der Waals surface area contributed by atoms with Gasteiger partial charge in [-0.1, -0.05) is 83.3 Å². The number of benzene rings is 1. The van der Waals surface area contributed by atoms with E-state index in [0.29, 0.717) is 29.2 Å². The summed E-state index contributed by atoms with van der Waals surface area (Å²) in [5, 5.41) is 3.93. The van der Waals surface area contributed by atoms with Gasteiger partial charge in [0.05, 0.1) is 0 Å². The fraction of sp³-hybridized carbons (Fsp3) is 0.519. The predicted octanol–water partition coefficient (Wildman–Crippen LogP) is 7.93. The quantitative estimate of drug-likeness (QED) is 0.204. The van der Waals surface area contributed by atoms with Crippen molar-refractivity contribution in [3.63, 3.8) is 0 Å². The number of unbranched alkanes of at least 4 members (excludes halogenated alkanes) is 5. The van der Waals surface area contributed by atoms with Crippen molar-refractivity contribution in [3.8, 4) is 0 Å². The lowest BCUT2D eigenvalue weighted by Crippen LogP contribution is -2.15. The zero-order valence-corrected chi connectivity index (χ0v) is 21.2. The first-order valence-corrected chi connectivity index (χ1v) is 13.2. The summed E-state index contributed by atoms with van der Waals surface area (Å²) in [7, 11) is 0. The Bertz CT molecular complexity index is 970. The molecule has 0 unspecified atom stereocenters. The van der Waals surface area contributed by atoms with E-state index < -0.39 is 0 Å². The van der Waals surface area contributed by atoms with Crippen molar-refractivity contribution in [2.75, 3.05) is 11.1 Å². The van der Waals surface area contributed by atoms with E-state index in [4.69, 9.17) is 4.42 Å². The first-order valence-electron chi connectivity index (χ1n) is 12.2. The minimum Gasteiger partial charge on any atom is -0.412 e. The number of hydrogen-bond donors (Lipinski definition) is 1. The third kappa shape index (κ3) is 7.60. The molecule has 1 N–H and O–H groups in total. The SMILES string of the molecule is CC(C)c1cccc(C(C)C)c1NC(=O)CCCCCCCCSc1nc2cccnc2o1. The Morgan fingerprint density at radius 3 is 2.27 bits per heavy atom. The molecule has 5 nitrogen and oxygen atoms in total. The van der Waals surface area contributed by atoms with Crippen LogP contribution in [0.1, 0.15) is 95.6 Å². The van der Waals surface area contributed by atoms with Gasteiger partial charge in [-0.25, -0.2) is 9.97 Å². The van der Waals surface area contributed by atoms with E-state index in [0.717, 1.165) is 36.2 Å². The molecule has 0 bridgehead atoms. The van der Waals surface area contributed by atoms with Crippen LogP contribution in [0.4, 0.5) is 5.69 Å². The summed E-state index contributed by atoms with van der Waals surface area (Å²) >= 11 is 1.65. The molecule has 0 saturated carbocycles. The number of para-hydroxylation sites is 1. The van der Waals surface area contributed by atoms with Crippen LogP contribution in [-0.2, 0) is 4.79 Å². The van der Waals surface area contributed by atoms with Gasteiger partial charge in [0, 0.05) is 24.1 Å². The Hall–Kier alpha value is -2.34. The van der Waals surface area contributed by atoms with Crippen molar-refractivity contribution in [3.05, 3.63) is 47.7 Å². The third-order valence-corrected chi connectivity index (χ3v) is 6.72. The zero-order chi connectivity index (χ0) is 23.6. The number of thioether (sulfide) groups is 1. The molecule has 2 aromatic heterocycles. The van der Waals surface area contributed by atoms with Crippen LogP contribution in [-0.4, -0.2) is 21.6 Å². The normalized spacial score (nSPS) is 11.6. The molecule has 33 heavy (non-hydrogen) atoms. The van der Waals surface area contributed by atoms with Crippen molar-refractivity contribution < 1.29 is 9.21 Å². The highest BCUT2D eigenvalue weighted by Gasteiger charge is 2.15. The van der Waals surface area contributed by atoms with Gasteiger partial charge in [0.25, 0.3) is 5.22 Å². The monoisotopic (exact) mass is 467 g/mol. The molecule has 3 rings (SSSR count). The first-order chi connectivity index (χ1) is 16.0. The molecule has 0 saturated heterocycles. The van der Waals surface area contributed by atoms with Gasteiger partial charge in [-0.2, -0.15) is 0 Å². The minimum absolute atomic E-state index is 0.134. The summed E-state index contributed by atoms with van der Waals surface area (Å²) in [5.74, 6) is 1.91. The number of nitrogens with zero attached hydrogens (tertiary/aromatic N) is 2. The van der Waals surface area contributed by atoms with Crippen LogP contribution >= 0.6 is 11.8 Å². The number of aromatic nitrogens is 2. The van der Waals surface area contributed by atoms with E-state index in [2.05, 4.69) is 61.2 Å². The number of carbonyl (C=O) groups excluding carboxylic acids is 1. The molecule has 0 spiro atoms. The van der Waals surface area contributed by atoms with Gasteiger partial charge >= 0.3 is 0 Å². The van der Waals surface area contributed by atoms with Crippen LogP contribution < -0.4 is 5.32 Å². The summed E-state index contributed by atoms with van der Waals surface area (Å²) in [6.07, 6.45) is 9.05. The number of oxazole rings is 1. The van der Waals surface area contributed by atoms with Gasteiger partial charge in [-0.05, 0) is 47.9 Å². The zero-order valence-electron chi connectivity index (χ0n) is 20.4. The number of fused-ring (bicyclic) bond motifs is 1. The average Bonchev–Trinajstić information content (AvgIpc) is 3.20. The summed E-state index contributed by atoms with van der Waals surface area (Å²) in [5.41, 5.74) is 4.90. The Kier molecular flexibility index (Phi) is 9.79. The average molecular weight is 468 g/mol. The molecule has 0 radical (unpaired) electrons. The largest absolute Gasteiger partial charge is 0.412 e. The van der Waals surface area contributed by atoms with E-state index in [1.165, 1.54) is 30.4 Å². The molecule has 0 atom stereocenters. The first kappa shape index (κ1) is 25.3. The Morgan fingerprint density at radius 2 is 1.61 bits per heavy atom. The highest BCUT2D eigenvalue weighted by atomic mass is 32.2. The second kappa shape index (κ2) is 12.8. The van der Waals surface area contributed by atoms with Gasteiger partial charge in [0.1, 0.15) is 5.52 Å². The Labute approximate surface area is 202 Å². The summed E-state index contributed by atoms with van der Waals surface area (Å²) in [6, 6.07) is 10.2. The van der Waals surface area contributed by atoms with E-state index in [1.54, 1.807) is 18.0 Å². The molecule has 2 heterocycles. The lowest BCUT2D eigenvalue weighted by atomic mass is 9.92. The Balaban J connectivity index is 1.29. The standard InChI is InChI=1S/C27H37N3O2S/c1-19(2)21-13-11-14-22(20(3)4)25(21)30-24(31)16-9-7-5-6-8-10-18-33-27-29-23-15-12-17-28-26(23)32-27/h11-15,17,19-20H,5-10,16,18H2,1-4H3,(H,30,31). The molecule has 0 aliphatic carbocycles. The second-order valence-corrected chi connectivity index (χ2v) is 10.2. The molecule has 0 aliphatic heterocycles. The molecule has 1 aromatic carbocycles. The van der Waals surface area contributed by atoms with E-state index in [9.17, 15) is 4.79 Å². The fourth-order valence-corrected chi connectivity index (χ4v) is 4.79. The van der Waals surface area contributed by atoms with E-state index in [1.807, 2.05) is 12.1 Å². The number of carbonyl (C=O) groups is 1. The van der Waals surface area contributed by atoms with Gasteiger partial charge in [-0.3, -0.25) is 4.79 Å². The van der Waals surface area contributed by atoms with Crippen molar-refractivity contribution in [1.29, 1.82) is 0 Å². The van der Waals surface area contributed by atoms with Crippen molar-refractivity contribution in [2.24, 2.45) is 0 Å². The lowest BCUT2D eigenvalue weighted by molar-refractivity contribution is -0.116. The smallest absolute Gasteiger partial charge is 0.258 e. The topological polar surface area (TPSA) is 68.0 Å². The fourth-order valence-electron chi connectivity index (χ4n) is 3.96. The molecule has 178 valence electrons. The van der Waals surface area contributed by atoms with Crippen LogP contribution in [0, 0.1) is 0 Å². The van der Waals surface area contributed by atoms with Crippen LogP contribution in [0.2, 0.25) is 0 Å².